The van der Waals surface area contributed by atoms with Crippen molar-refractivity contribution in [1.82, 2.24) is 15.5 Å². The maximum Gasteiger partial charge on any atom is 0.191 e. The standard InChI is InChI=1S/C20H38N4O.HI/c1-4-12-24-13-8-16(9-14-24)22-19(21-3)23-17-15-18(25-5-2)20(17)10-6-7-11-20;/h16-18H,4-15H2,1-3H3,(H2,21,22,23);1H. The molecule has 0 amide bonds. The molecular formula is C20H39IN4O. The lowest BCUT2D eigenvalue weighted by Crippen LogP contribution is -2.65. The Labute approximate surface area is 177 Å². The van der Waals surface area contributed by atoms with Crippen LogP contribution in [0.4, 0.5) is 0 Å². The average molecular weight is 478 g/mol. The van der Waals surface area contributed by atoms with Crippen LogP contribution < -0.4 is 10.6 Å². The molecule has 2 atom stereocenters. The predicted octanol–water partition coefficient (Wildman–Crippen LogP) is 3.38. The van der Waals surface area contributed by atoms with Crippen molar-refractivity contribution in [1.29, 1.82) is 0 Å². The van der Waals surface area contributed by atoms with Crippen LogP contribution in [0.5, 0.6) is 0 Å². The first-order chi connectivity index (χ1) is 12.2. The molecule has 0 aromatic heterocycles. The second kappa shape index (κ2) is 10.5. The number of aliphatic imine (C=N–C) groups is 1. The number of halogens is 1. The zero-order chi connectivity index (χ0) is 17.7. The van der Waals surface area contributed by atoms with Gasteiger partial charge in [0.2, 0.25) is 0 Å². The Balaban J connectivity index is 0.00000243. The van der Waals surface area contributed by atoms with E-state index in [1.807, 2.05) is 7.05 Å². The molecule has 0 aromatic rings. The molecule has 1 heterocycles. The van der Waals surface area contributed by atoms with Gasteiger partial charge in [-0.15, -0.1) is 24.0 Å². The second-order valence-corrected chi connectivity index (χ2v) is 8.15. The predicted molar refractivity (Wildman–Crippen MR) is 120 cm³/mol. The van der Waals surface area contributed by atoms with Crippen molar-refractivity contribution in [2.45, 2.75) is 83.4 Å². The fraction of sp³-hybridized carbons (Fsp3) is 0.950. The minimum atomic E-state index is 0. The highest BCUT2D eigenvalue weighted by Gasteiger charge is 2.57. The van der Waals surface area contributed by atoms with E-state index in [9.17, 15) is 0 Å². The van der Waals surface area contributed by atoms with Crippen LogP contribution >= 0.6 is 24.0 Å². The van der Waals surface area contributed by atoms with Gasteiger partial charge in [-0.1, -0.05) is 19.8 Å². The third kappa shape index (κ3) is 4.85. The molecule has 152 valence electrons. The summed E-state index contributed by atoms with van der Waals surface area (Å²) >= 11 is 0. The summed E-state index contributed by atoms with van der Waals surface area (Å²) < 4.78 is 6.04. The Morgan fingerprint density at radius 1 is 1.15 bits per heavy atom. The first kappa shape index (κ1) is 22.2. The van der Waals surface area contributed by atoms with E-state index in [2.05, 4.69) is 34.4 Å². The summed E-state index contributed by atoms with van der Waals surface area (Å²) in [7, 11) is 1.90. The molecule has 2 aliphatic carbocycles. The minimum absolute atomic E-state index is 0. The molecular weight excluding hydrogens is 439 g/mol. The quantitative estimate of drug-likeness (QED) is 0.349. The summed E-state index contributed by atoms with van der Waals surface area (Å²) in [6.45, 7) is 8.88. The molecule has 2 saturated carbocycles. The number of likely N-dealkylation sites (tertiary alicyclic amines) is 1. The summed E-state index contributed by atoms with van der Waals surface area (Å²) in [5, 5.41) is 7.45. The van der Waals surface area contributed by atoms with E-state index in [4.69, 9.17) is 4.74 Å². The molecule has 0 aromatic carbocycles. The lowest BCUT2D eigenvalue weighted by Gasteiger charge is -2.54. The largest absolute Gasteiger partial charge is 0.378 e. The van der Waals surface area contributed by atoms with Gasteiger partial charge in [0.1, 0.15) is 0 Å². The Bertz CT molecular complexity index is 445. The maximum absolute atomic E-state index is 6.04. The highest BCUT2D eigenvalue weighted by Crippen LogP contribution is 2.54. The zero-order valence-electron chi connectivity index (χ0n) is 16.9. The molecule has 1 saturated heterocycles. The molecule has 0 radical (unpaired) electrons. The van der Waals surface area contributed by atoms with E-state index in [1.165, 1.54) is 64.6 Å². The summed E-state index contributed by atoms with van der Waals surface area (Å²) in [4.78, 5) is 7.11. The molecule has 1 aliphatic heterocycles. The molecule has 0 bridgehead atoms. The highest BCUT2D eigenvalue weighted by atomic mass is 127. The van der Waals surface area contributed by atoms with E-state index >= 15 is 0 Å². The monoisotopic (exact) mass is 478 g/mol. The van der Waals surface area contributed by atoms with Crippen LogP contribution in [0.2, 0.25) is 0 Å². The van der Waals surface area contributed by atoms with Gasteiger partial charge in [-0.3, -0.25) is 4.99 Å². The van der Waals surface area contributed by atoms with Gasteiger partial charge in [0.15, 0.2) is 5.96 Å². The van der Waals surface area contributed by atoms with Crippen molar-refractivity contribution in [3.63, 3.8) is 0 Å². The normalized spacial score (nSPS) is 29.3. The van der Waals surface area contributed by atoms with Crippen LogP contribution in [0, 0.1) is 5.41 Å². The molecule has 6 heteroatoms. The average Bonchev–Trinajstić information content (AvgIpc) is 3.14. The molecule has 5 nitrogen and oxygen atoms in total. The highest BCUT2D eigenvalue weighted by molar-refractivity contribution is 14.0. The van der Waals surface area contributed by atoms with E-state index in [1.54, 1.807) is 0 Å². The number of hydrogen-bond donors (Lipinski definition) is 2. The SMILES string of the molecule is CCCN1CCC(NC(=NC)NC2CC(OCC)C23CCCC3)CC1.I. The smallest absolute Gasteiger partial charge is 0.191 e. The number of guanidine groups is 1. The van der Waals surface area contributed by atoms with Crippen LogP contribution in [0.3, 0.4) is 0 Å². The zero-order valence-corrected chi connectivity index (χ0v) is 19.3. The van der Waals surface area contributed by atoms with E-state index < -0.39 is 0 Å². The van der Waals surface area contributed by atoms with E-state index in [0.29, 0.717) is 23.6 Å². The van der Waals surface area contributed by atoms with Gasteiger partial charge in [-0.25, -0.2) is 0 Å². The molecule has 3 rings (SSSR count). The van der Waals surface area contributed by atoms with Crippen molar-refractivity contribution in [2.24, 2.45) is 10.4 Å². The lowest BCUT2D eigenvalue weighted by atomic mass is 9.60. The Kier molecular flexibility index (Phi) is 8.94. The molecule has 26 heavy (non-hydrogen) atoms. The second-order valence-electron chi connectivity index (χ2n) is 8.15. The van der Waals surface area contributed by atoms with Crippen LogP contribution in [0.25, 0.3) is 0 Å². The number of nitrogens with one attached hydrogen (secondary N) is 2. The van der Waals surface area contributed by atoms with Crippen molar-refractivity contribution < 1.29 is 4.74 Å². The summed E-state index contributed by atoms with van der Waals surface area (Å²) in [5.41, 5.74) is 0.359. The van der Waals surface area contributed by atoms with Crippen molar-refractivity contribution in [3.05, 3.63) is 0 Å². The lowest BCUT2D eigenvalue weighted by molar-refractivity contribution is -0.125. The molecule has 2 N–H and O–H groups in total. The van der Waals surface area contributed by atoms with Gasteiger partial charge >= 0.3 is 0 Å². The first-order valence-electron chi connectivity index (χ1n) is 10.6. The van der Waals surface area contributed by atoms with Gasteiger partial charge in [-0.05, 0) is 52.0 Å². The third-order valence-corrected chi connectivity index (χ3v) is 6.69. The summed E-state index contributed by atoms with van der Waals surface area (Å²) in [6.07, 6.45) is 10.6. The fourth-order valence-corrected chi connectivity index (χ4v) is 5.24. The van der Waals surface area contributed by atoms with E-state index in [0.717, 1.165) is 19.0 Å². The van der Waals surface area contributed by atoms with E-state index in [-0.39, 0.29) is 24.0 Å². The Morgan fingerprint density at radius 3 is 2.42 bits per heavy atom. The number of nitrogens with zero attached hydrogens (tertiary/aromatic N) is 2. The van der Waals surface area contributed by atoms with Gasteiger partial charge in [0, 0.05) is 44.2 Å². The molecule has 3 aliphatic rings. The number of hydrogen-bond acceptors (Lipinski definition) is 3. The maximum atomic E-state index is 6.04. The molecule has 3 fully saturated rings. The first-order valence-corrected chi connectivity index (χ1v) is 10.6. The van der Waals surface area contributed by atoms with Gasteiger partial charge < -0.3 is 20.3 Å². The Hall–Kier alpha value is -0.0800. The summed E-state index contributed by atoms with van der Waals surface area (Å²) in [6, 6.07) is 1.08. The minimum Gasteiger partial charge on any atom is -0.378 e. The van der Waals surface area contributed by atoms with Crippen LogP contribution in [0.15, 0.2) is 4.99 Å². The van der Waals surface area contributed by atoms with Crippen LogP contribution in [0.1, 0.15) is 65.2 Å². The van der Waals surface area contributed by atoms with Crippen molar-refractivity contribution >= 4 is 29.9 Å². The van der Waals surface area contributed by atoms with Crippen molar-refractivity contribution in [3.8, 4) is 0 Å². The van der Waals surface area contributed by atoms with Crippen LogP contribution in [-0.4, -0.2) is 62.3 Å². The fourth-order valence-electron chi connectivity index (χ4n) is 5.24. The van der Waals surface area contributed by atoms with Crippen molar-refractivity contribution in [2.75, 3.05) is 33.3 Å². The van der Waals surface area contributed by atoms with Gasteiger partial charge in [0.25, 0.3) is 0 Å². The van der Waals surface area contributed by atoms with Crippen LogP contribution in [-0.2, 0) is 4.74 Å². The molecule has 1 spiro atoms. The molecule has 2 unspecified atom stereocenters. The number of piperidine rings is 1. The van der Waals surface area contributed by atoms with Gasteiger partial charge in [-0.2, -0.15) is 0 Å². The number of ether oxygens (including phenoxy) is 1. The van der Waals surface area contributed by atoms with Gasteiger partial charge in [0.05, 0.1) is 6.10 Å². The third-order valence-electron chi connectivity index (χ3n) is 6.69. The number of rotatable bonds is 6. The Morgan fingerprint density at radius 2 is 1.85 bits per heavy atom. The summed E-state index contributed by atoms with van der Waals surface area (Å²) in [5.74, 6) is 1.00. The topological polar surface area (TPSA) is 48.9 Å².